The summed E-state index contributed by atoms with van der Waals surface area (Å²) in [6.45, 7) is 0. The molecule has 0 radical (unpaired) electrons. The van der Waals surface area contributed by atoms with Crippen LogP contribution in [0.4, 0.5) is 5.82 Å². The smallest absolute Gasteiger partial charge is 0.364 e. The standard InChI is InChI=1S/C12H11N3O3/c1-17-8-2-4-9(5-3-8)18-12(16)10-6-14-7-11(13)15-10/h2-7H,1H3,(H2,13,15). The van der Waals surface area contributed by atoms with E-state index in [0.29, 0.717) is 11.5 Å². The molecule has 2 aromatic rings. The van der Waals surface area contributed by atoms with E-state index in [-0.39, 0.29) is 11.5 Å². The number of aromatic nitrogens is 2. The van der Waals surface area contributed by atoms with Crippen molar-refractivity contribution >= 4 is 11.8 Å². The molecule has 0 atom stereocenters. The van der Waals surface area contributed by atoms with Gasteiger partial charge in [-0.05, 0) is 24.3 Å². The van der Waals surface area contributed by atoms with Crippen molar-refractivity contribution < 1.29 is 14.3 Å². The zero-order chi connectivity index (χ0) is 13.0. The van der Waals surface area contributed by atoms with Crippen LogP contribution in [0.2, 0.25) is 0 Å². The Kier molecular flexibility index (Phi) is 3.38. The minimum atomic E-state index is -0.611. The van der Waals surface area contributed by atoms with Crippen LogP contribution in [0.1, 0.15) is 10.5 Å². The van der Waals surface area contributed by atoms with Crippen LogP contribution in [-0.2, 0) is 0 Å². The lowest BCUT2D eigenvalue weighted by molar-refractivity contribution is 0.0728. The van der Waals surface area contributed by atoms with E-state index in [2.05, 4.69) is 9.97 Å². The first-order valence-electron chi connectivity index (χ1n) is 5.13. The summed E-state index contributed by atoms with van der Waals surface area (Å²) in [5.74, 6) is 0.628. The third-order valence-electron chi connectivity index (χ3n) is 2.13. The molecule has 18 heavy (non-hydrogen) atoms. The number of hydrogen-bond donors (Lipinski definition) is 1. The number of esters is 1. The van der Waals surface area contributed by atoms with Crippen LogP contribution in [0.15, 0.2) is 36.7 Å². The predicted octanol–water partition coefficient (Wildman–Crippen LogP) is 1.29. The highest BCUT2D eigenvalue weighted by Gasteiger charge is 2.11. The molecule has 0 amide bonds. The van der Waals surface area contributed by atoms with Crippen LogP contribution >= 0.6 is 0 Å². The number of ether oxygens (including phenoxy) is 2. The molecule has 0 fully saturated rings. The number of carbonyl (C=O) groups excluding carboxylic acids is 1. The monoisotopic (exact) mass is 245 g/mol. The molecule has 0 saturated heterocycles. The lowest BCUT2D eigenvalue weighted by Gasteiger charge is -2.04. The summed E-state index contributed by atoms with van der Waals surface area (Å²) in [6, 6.07) is 6.62. The largest absolute Gasteiger partial charge is 0.497 e. The molecule has 0 saturated carbocycles. The second kappa shape index (κ2) is 5.13. The van der Waals surface area contributed by atoms with Gasteiger partial charge in [-0.2, -0.15) is 0 Å². The molecule has 0 aliphatic carbocycles. The molecule has 0 unspecified atom stereocenters. The van der Waals surface area contributed by atoms with Crippen molar-refractivity contribution in [2.24, 2.45) is 0 Å². The summed E-state index contributed by atoms with van der Waals surface area (Å²) >= 11 is 0. The maximum Gasteiger partial charge on any atom is 0.364 e. The molecular formula is C12H11N3O3. The number of nitrogens with two attached hydrogens (primary N) is 1. The van der Waals surface area contributed by atoms with Gasteiger partial charge < -0.3 is 15.2 Å². The molecule has 0 aliphatic heterocycles. The summed E-state index contributed by atoms with van der Waals surface area (Å²) in [5.41, 5.74) is 5.49. The summed E-state index contributed by atoms with van der Waals surface area (Å²) in [4.78, 5) is 19.3. The molecule has 2 rings (SSSR count). The van der Waals surface area contributed by atoms with E-state index in [9.17, 15) is 4.79 Å². The van der Waals surface area contributed by atoms with E-state index in [4.69, 9.17) is 15.2 Å². The van der Waals surface area contributed by atoms with Crippen LogP contribution in [0.25, 0.3) is 0 Å². The van der Waals surface area contributed by atoms with E-state index < -0.39 is 5.97 Å². The van der Waals surface area contributed by atoms with Crippen molar-refractivity contribution in [3.8, 4) is 11.5 Å². The number of nitrogen functional groups attached to an aromatic ring is 1. The Balaban J connectivity index is 2.11. The predicted molar refractivity (Wildman–Crippen MR) is 64.4 cm³/mol. The van der Waals surface area contributed by atoms with Crippen LogP contribution in [0, 0.1) is 0 Å². The normalized spacial score (nSPS) is 9.83. The molecule has 6 heteroatoms. The van der Waals surface area contributed by atoms with Gasteiger partial charge in [-0.15, -0.1) is 0 Å². The summed E-state index contributed by atoms with van der Waals surface area (Å²) < 4.78 is 10.1. The number of rotatable bonds is 3. The van der Waals surface area contributed by atoms with Gasteiger partial charge in [-0.25, -0.2) is 9.78 Å². The number of benzene rings is 1. The third-order valence-corrected chi connectivity index (χ3v) is 2.13. The van der Waals surface area contributed by atoms with Gasteiger partial charge in [-0.3, -0.25) is 4.98 Å². The topological polar surface area (TPSA) is 87.3 Å². The average Bonchev–Trinajstić information content (AvgIpc) is 2.39. The number of hydrogen-bond acceptors (Lipinski definition) is 6. The first kappa shape index (κ1) is 11.8. The van der Waals surface area contributed by atoms with Crippen LogP contribution < -0.4 is 15.2 Å². The lowest BCUT2D eigenvalue weighted by atomic mass is 10.3. The second-order valence-corrected chi connectivity index (χ2v) is 3.39. The van der Waals surface area contributed by atoms with Gasteiger partial charge in [0.25, 0.3) is 0 Å². The molecule has 92 valence electrons. The number of methoxy groups -OCH3 is 1. The second-order valence-electron chi connectivity index (χ2n) is 3.39. The molecule has 1 aromatic heterocycles. The van der Waals surface area contributed by atoms with Crippen molar-refractivity contribution in [2.45, 2.75) is 0 Å². The molecule has 2 N–H and O–H groups in total. The summed E-state index contributed by atoms with van der Waals surface area (Å²) in [6.07, 6.45) is 2.65. The number of anilines is 1. The van der Waals surface area contributed by atoms with Gasteiger partial charge in [0.2, 0.25) is 0 Å². The van der Waals surface area contributed by atoms with Gasteiger partial charge in [0, 0.05) is 0 Å². The number of carbonyl (C=O) groups is 1. The fourth-order valence-electron chi connectivity index (χ4n) is 1.28. The molecule has 0 aliphatic rings. The van der Waals surface area contributed by atoms with Crippen molar-refractivity contribution in [2.75, 3.05) is 12.8 Å². The number of nitrogens with zero attached hydrogens (tertiary/aromatic N) is 2. The van der Waals surface area contributed by atoms with E-state index >= 15 is 0 Å². The Morgan fingerprint density at radius 2 is 1.83 bits per heavy atom. The first-order chi connectivity index (χ1) is 8.69. The van der Waals surface area contributed by atoms with Gasteiger partial charge >= 0.3 is 5.97 Å². The Morgan fingerprint density at radius 3 is 2.44 bits per heavy atom. The third kappa shape index (κ3) is 2.73. The highest BCUT2D eigenvalue weighted by molar-refractivity contribution is 5.88. The van der Waals surface area contributed by atoms with Crippen LogP contribution in [-0.4, -0.2) is 23.0 Å². The van der Waals surface area contributed by atoms with Gasteiger partial charge in [0.05, 0.1) is 19.5 Å². The van der Waals surface area contributed by atoms with Crippen LogP contribution in [0.5, 0.6) is 11.5 Å². The minimum absolute atomic E-state index is 0.0609. The summed E-state index contributed by atoms with van der Waals surface area (Å²) in [5, 5.41) is 0. The highest BCUT2D eigenvalue weighted by Crippen LogP contribution is 2.17. The van der Waals surface area contributed by atoms with E-state index in [0.717, 1.165) is 0 Å². The van der Waals surface area contributed by atoms with Crippen molar-refractivity contribution in [3.63, 3.8) is 0 Å². The van der Waals surface area contributed by atoms with Crippen molar-refractivity contribution in [1.29, 1.82) is 0 Å². The maximum atomic E-state index is 11.7. The average molecular weight is 245 g/mol. The lowest BCUT2D eigenvalue weighted by Crippen LogP contribution is -2.12. The van der Waals surface area contributed by atoms with Gasteiger partial charge in [-0.1, -0.05) is 0 Å². The Labute approximate surface area is 103 Å². The van der Waals surface area contributed by atoms with E-state index in [1.165, 1.54) is 12.4 Å². The quantitative estimate of drug-likeness (QED) is 0.647. The highest BCUT2D eigenvalue weighted by atomic mass is 16.5. The van der Waals surface area contributed by atoms with Crippen LogP contribution in [0.3, 0.4) is 0 Å². The Morgan fingerprint density at radius 1 is 1.17 bits per heavy atom. The Hall–Kier alpha value is -2.63. The van der Waals surface area contributed by atoms with E-state index in [1.807, 2.05) is 0 Å². The Bertz CT molecular complexity index is 555. The fourth-order valence-corrected chi connectivity index (χ4v) is 1.28. The van der Waals surface area contributed by atoms with E-state index in [1.54, 1.807) is 31.4 Å². The summed E-state index contributed by atoms with van der Waals surface area (Å²) in [7, 11) is 1.56. The van der Waals surface area contributed by atoms with Crippen molar-refractivity contribution in [1.82, 2.24) is 9.97 Å². The molecule has 6 nitrogen and oxygen atoms in total. The molecule has 1 heterocycles. The zero-order valence-electron chi connectivity index (χ0n) is 9.66. The fraction of sp³-hybridized carbons (Fsp3) is 0.0833. The van der Waals surface area contributed by atoms with Gasteiger partial charge in [0.15, 0.2) is 5.69 Å². The van der Waals surface area contributed by atoms with Gasteiger partial charge in [0.1, 0.15) is 17.3 Å². The SMILES string of the molecule is COc1ccc(OC(=O)c2cncc(N)n2)cc1. The molecular weight excluding hydrogens is 234 g/mol. The minimum Gasteiger partial charge on any atom is -0.497 e. The molecule has 0 spiro atoms. The zero-order valence-corrected chi connectivity index (χ0v) is 9.66. The maximum absolute atomic E-state index is 11.7. The van der Waals surface area contributed by atoms with Crippen molar-refractivity contribution in [3.05, 3.63) is 42.4 Å². The molecule has 1 aromatic carbocycles. The first-order valence-corrected chi connectivity index (χ1v) is 5.13. The molecule has 0 bridgehead atoms.